The minimum Gasteiger partial charge on any atom is -0.324 e. The highest BCUT2D eigenvalue weighted by atomic mass is 32.2. The van der Waals surface area contributed by atoms with Gasteiger partial charge < -0.3 is 16.0 Å². The molecule has 0 saturated heterocycles. The van der Waals surface area contributed by atoms with E-state index in [2.05, 4.69) is 20.9 Å². The van der Waals surface area contributed by atoms with Crippen LogP contribution in [0.3, 0.4) is 0 Å². The first kappa shape index (κ1) is 31.8. The number of fused-ring (bicyclic) bond motifs is 2. The van der Waals surface area contributed by atoms with E-state index < -0.39 is 17.1 Å². The molecule has 1 aliphatic rings. The quantitative estimate of drug-likeness (QED) is 0.122. The Bertz CT molecular complexity index is 2100. The predicted molar refractivity (Wildman–Crippen MR) is 185 cm³/mol. The summed E-state index contributed by atoms with van der Waals surface area (Å²) >= 11 is 1.25. The lowest BCUT2D eigenvalue weighted by Gasteiger charge is -2.21. The summed E-state index contributed by atoms with van der Waals surface area (Å²) in [5.74, 6) is -1.95. The normalized spacial score (nSPS) is 12.7. The minimum atomic E-state index is -0.611. The van der Waals surface area contributed by atoms with Gasteiger partial charge in [-0.05, 0) is 61.0 Å². The second-order valence-electron chi connectivity index (χ2n) is 10.8. The smallest absolute Gasteiger partial charge is 0.272 e. The molecule has 1 heterocycles. The van der Waals surface area contributed by atoms with Crippen LogP contribution in [0.25, 0.3) is 6.08 Å². The first-order valence-corrected chi connectivity index (χ1v) is 15.8. The van der Waals surface area contributed by atoms with Crippen molar-refractivity contribution in [3.8, 4) is 0 Å². The van der Waals surface area contributed by atoms with Crippen LogP contribution in [-0.2, 0) is 9.59 Å². The Balaban J connectivity index is 1.15. The average Bonchev–Trinajstić information content (AvgIpc) is 3.11. The van der Waals surface area contributed by atoms with E-state index in [4.69, 9.17) is 0 Å². The molecule has 0 aliphatic heterocycles. The van der Waals surface area contributed by atoms with Gasteiger partial charge in [-0.1, -0.05) is 66.7 Å². The van der Waals surface area contributed by atoms with Gasteiger partial charge >= 0.3 is 0 Å². The van der Waals surface area contributed by atoms with Gasteiger partial charge in [0.25, 0.3) is 11.8 Å². The van der Waals surface area contributed by atoms with Gasteiger partial charge in [0.15, 0.2) is 11.6 Å². The summed E-state index contributed by atoms with van der Waals surface area (Å²) in [6.45, 7) is 1.72. The van der Waals surface area contributed by atoms with Crippen LogP contribution >= 0.6 is 11.8 Å². The Labute approximate surface area is 280 Å². The number of carbonyl (C=O) groups is 5. The van der Waals surface area contributed by atoms with E-state index in [0.717, 1.165) is 0 Å². The lowest BCUT2D eigenvalue weighted by Crippen LogP contribution is -2.30. The second kappa shape index (κ2) is 14.1. The number of thioether (sulfide) groups is 1. The zero-order valence-corrected chi connectivity index (χ0v) is 26.4. The summed E-state index contributed by atoms with van der Waals surface area (Å²) < 4.78 is 0. The fourth-order valence-electron chi connectivity index (χ4n) is 5.16. The molecule has 5 aromatic rings. The van der Waals surface area contributed by atoms with Crippen molar-refractivity contribution in [3.63, 3.8) is 0 Å². The van der Waals surface area contributed by atoms with Crippen LogP contribution in [0.5, 0.6) is 0 Å². The molecule has 0 radical (unpaired) electrons. The lowest BCUT2D eigenvalue weighted by atomic mass is 9.83. The Morgan fingerprint density at radius 3 is 2.21 bits per heavy atom. The standard InChI is InChI=1S/C38H28N4O5S/c1-23(36(45)41-31-18-8-17-30-33(31)35(44)29-16-6-5-15-28(29)34(30)43)48-27-14-7-13-26(21-27)40-38(47)32(20-24-10-9-19-39-22-24)42-37(46)25-11-3-2-4-12-25/h2-23H,1H3,(H,40,47)(H,41,45)(H,42,46)/b32-20+. The average molecular weight is 653 g/mol. The molecule has 48 heavy (non-hydrogen) atoms. The fraction of sp³-hybridized carbons (Fsp3) is 0.0526. The Kier molecular flexibility index (Phi) is 9.35. The molecule has 0 bridgehead atoms. The summed E-state index contributed by atoms with van der Waals surface area (Å²) in [7, 11) is 0. The van der Waals surface area contributed by atoms with Crippen LogP contribution in [0.2, 0.25) is 0 Å². The van der Waals surface area contributed by atoms with E-state index in [1.165, 1.54) is 17.8 Å². The van der Waals surface area contributed by atoms with Crippen molar-refractivity contribution < 1.29 is 24.0 Å². The molecule has 0 spiro atoms. The van der Waals surface area contributed by atoms with E-state index in [-0.39, 0.29) is 40.0 Å². The van der Waals surface area contributed by atoms with Crippen LogP contribution in [0, 0.1) is 0 Å². The third-order valence-corrected chi connectivity index (χ3v) is 8.60. The number of pyridine rings is 1. The number of carbonyl (C=O) groups excluding carboxylic acids is 5. The SMILES string of the molecule is CC(Sc1cccc(NC(=O)/C(=C\c2cccnc2)NC(=O)c2ccccc2)c1)C(=O)Nc1cccc2c1C(=O)c1ccccc1C2=O. The van der Waals surface area contributed by atoms with Crippen LogP contribution in [0.4, 0.5) is 11.4 Å². The monoisotopic (exact) mass is 652 g/mol. The molecule has 4 aromatic carbocycles. The van der Waals surface area contributed by atoms with Crippen molar-refractivity contribution >= 4 is 58.5 Å². The largest absolute Gasteiger partial charge is 0.324 e. The first-order valence-electron chi connectivity index (χ1n) is 15.0. The minimum absolute atomic E-state index is 0.0181. The molecular formula is C38H28N4O5S. The maximum atomic E-state index is 13.4. The number of anilines is 2. The topological polar surface area (TPSA) is 134 Å². The number of benzene rings is 4. The third kappa shape index (κ3) is 6.98. The number of amides is 3. The summed E-state index contributed by atoms with van der Waals surface area (Å²) in [6, 6.07) is 30.5. The number of ketones is 2. The van der Waals surface area contributed by atoms with Crippen molar-refractivity contribution in [3.05, 3.63) is 161 Å². The zero-order valence-electron chi connectivity index (χ0n) is 25.6. The van der Waals surface area contributed by atoms with Crippen molar-refractivity contribution in [2.45, 2.75) is 17.1 Å². The number of nitrogens with one attached hydrogen (secondary N) is 3. The molecule has 9 nitrogen and oxygen atoms in total. The van der Waals surface area contributed by atoms with Gasteiger partial charge in [0.05, 0.1) is 16.5 Å². The van der Waals surface area contributed by atoms with Gasteiger partial charge in [-0.15, -0.1) is 11.8 Å². The maximum absolute atomic E-state index is 13.4. The molecule has 1 aromatic heterocycles. The number of aromatic nitrogens is 1. The molecular weight excluding hydrogens is 625 g/mol. The number of hydrogen-bond acceptors (Lipinski definition) is 7. The van der Waals surface area contributed by atoms with Gasteiger partial charge in [0, 0.05) is 45.2 Å². The lowest BCUT2D eigenvalue weighted by molar-refractivity contribution is -0.115. The van der Waals surface area contributed by atoms with E-state index in [9.17, 15) is 24.0 Å². The van der Waals surface area contributed by atoms with Crippen molar-refractivity contribution in [1.29, 1.82) is 0 Å². The van der Waals surface area contributed by atoms with Gasteiger partial charge in [-0.2, -0.15) is 0 Å². The molecule has 0 saturated carbocycles. The Morgan fingerprint density at radius 2 is 1.46 bits per heavy atom. The second-order valence-corrected chi connectivity index (χ2v) is 12.2. The van der Waals surface area contributed by atoms with Gasteiger partial charge in [0.1, 0.15) is 5.70 Å². The summed E-state index contributed by atoms with van der Waals surface area (Å²) in [4.78, 5) is 70.9. The molecule has 1 aliphatic carbocycles. The van der Waals surface area contributed by atoms with Gasteiger partial charge in [-0.3, -0.25) is 29.0 Å². The molecule has 1 atom stereocenters. The predicted octanol–water partition coefficient (Wildman–Crippen LogP) is 6.39. The zero-order chi connectivity index (χ0) is 33.6. The maximum Gasteiger partial charge on any atom is 0.272 e. The van der Waals surface area contributed by atoms with Crippen LogP contribution in [-0.4, -0.2) is 39.5 Å². The summed E-state index contributed by atoms with van der Waals surface area (Å²) in [6.07, 6.45) is 4.72. The van der Waals surface area contributed by atoms with E-state index in [1.807, 2.05) is 0 Å². The number of hydrogen-bond donors (Lipinski definition) is 3. The van der Waals surface area contributed by atoms with E-state index >= 15 is 0 Å². The molecule has 236 valence electrons. The van der Waals surface area contributed by atoms with Gasteiger partial charge in [-0.25, -0.2) is 0 Å². The molecule has 0 fully saturated rings. The number of nitrogens with zero attached hydrogens (tertiary/aromatic N) is 1. The molecule has 3 amide bonds. The van der Waals surface area contributed by atoms with Crippen LogP contribution < -0.4 is 16.0 Å². The van der Waals surface area contributed by atoms with E-state index in [1.54, 1.807) is 129 Å². The van der Waals surface area contributed by atoms with E-state index in [0.29, 0.717) is 32.8 Å². The van der Waals surface area contributed by atoms with Crippen molar-refractivity contribution in [2.24, 2.45) is 0 Å². The molecule has 6 rings (SSSR count). The number of rotatable bonds is 9. The van der Waals surface area contributed by atoms with Gasteiger partial charge in [0.2, 0.25) is 5.91 Å². The highest BCUT2D eigenvalue weighted by Crippen LogP contribution is 2.33. The van der Waals surface area contributed by atoms with Crippen molar-refractivity contribution in [1.82, 2.24) is 10.3 Å². The highest BCUT2D eigenvalue weighted by Gasteiger charge is 2.32. The van der Waals surface area contributed by atoms with Crippen LogP contribution in [0.1, 0.15) is 54.7 Å². The highest BCUT2D eigenvalue weighted by molar-refractivity contribution is 8.00. The molecule has 3 N–H and O–H groups in total. The van der Waals surface area contributed by atoms with Crippen molar-refractivity contribution in [2.75, 3.05) is 10.6 Å². The summed E-state index contributed by atoms with van der Waals surface area (Å²) in [5, 5.41) is 7.75. The third-order valence-electron chi connectivity index (χ3n) is 7.51. The Hall–Kier alpha value is -6.13. The first-order chi connectivity index (χ1) is 23.3. The fourth-order valence-corrected chi connectivity index (χ4v) is 6.08. The molecule has 10 heteroatoms. The van der Waals surface area contributed by atoms with Crippen LogP contribution in [0.15, 0.2) is 132 Å². The molecule has 1 unspecified atom stereocenters. The Morgan fingerprint density at radius 1 is 0.750 bits per heavy atom. The summed E-state index contributed by atoms with van der Waals surface area (Å²) in [5.41, 5.74) is 2.81.